The molecule has 0 saturated heterocycles. The first-order valence-corrected chi connectivity index (χ1v) is 7.09. The zero-order valence-corrected chi connectivity index (χ0v) is 13.0. The number of hydrogen-bond donors (Lipinski definition) is 1. The monoisotopic (exact) mass is 291 g/mol. The molecule has 2 N–H and O–H groups in total. The Morgan fingerprint density at radius 1 is 1.33 bits per heavy atom. The quantitative estimate of drug-likeness (QED) is 0.936. The molecule has 1 aromatic heterocycles. The second-order valence-corrected chi connectivity index (χ2v) is 6.70. The van der Waals surface area contributed by atoms with Gasteiger partial charge in [-0.2, -0.15) is 4.98 Å². The van der Waals surface area contributed by atoms with Gasteiger partial charge in [0.05, 0.1) is 0 Å². The van der Waals surface area contributed by atoms with Crippen molar-refractivity contribution in [2.45, 2.75) is 46.6 Å². The van der Waals surface area contributed by atoms with Crippen molar-refractivity contribution in [3.8, 4) is 11.4 Å². The Morgan fingerprint density at radius 3 is 2.67 bits per heavy atom. The molecule has 114 valence electrons. The Hall–Kier alpha value is -1.75. The van der Waals surface area contributed by atoms with E-state index in [1.807, 2.05) is 6.92 Å². The van der Waals surface area contributed by atoms with Crippen molar-refractivity contribution < 1.29 is 8.91 Å². The van der Waals surface area contributed by atoms with Gasteiger partial charge in [0.25, 0.3) is 0 Å². The highest BCUT2D eigenvalue weighted by Crippen LogP contribution is 2.23. The molecule has 0 bridgehead atoms. The lowest BCUT2D eigenvalue weighted by Gasteiger charge is -2.21. The zero-order valence-electron chi connectivity index (χ0n) is 13.0. The summed E-state index contributed by atoms with van der Waals surface area (Å²) in [5.74, 6) is 0.725. The Kier molecular flexibility index (Phi) is 4.42. The molecule has 0 aliphatic heterocycles. The van der Waals surface area contributed by atoms with Crippen molar-refractivity contribution >= 4 is 0 Å². The number of aromatic nitrogens is 2. The highest BCUT2D eigenvalue weighted by molar-refractivity contribution is 5.59. The van der Waals surface area contributed by atoms with E-state index in [1.165, 1.54) is 12.1 Å². The minimum Gasteiger partial charge on any atom is -0.339 e. The summed E-state index contributed by atoms with van der Waals surface area (Å²) in [6.07, 6.45) is 1.42. The second kappa shape index (κ2) is 5.93. The lowest BCUT2D eigenvalue weighted by atomic mass is 9.87. The Balaban J connectivity index is 2.11. The van der Waals surface area contributed by atoms with Crippen LogP contribution in [0, 0.1) is 18.2 Å². The largest absolute Gasteiger partial charge is 0.339 e. The zero-order chi connectivity index (χ0) is 15.6. The summed E-state index contributed by atoms with van der Waals surface area (Å²) < 4.78 is 18.4. The van der Waals surface area contributed by atoms with Crippen LogP contribution in [0.5, 0.6) is 0 Å². The normalized spacial score (nSPS) is 13.4. The standard InChI is InChI=1S/C16H22FN3O/c1-10-7-11(17)5-6-13(10)15-19-14(21-20-15)8-12(18)9-16(2,3)4/h5-7,12H,8-9,18H2,1-4H3. The van der Waals surface area contributed by atoms with Crippen LogP contribution >= 0.6 is 0 Å². The average Bonchev–Trinajstić information content (AvgIpc) is 2.74. The molecule has 4 nitrogen and oxygen atoms in total. The molecule has 0 radical (unpaired) electrons. The molecule has 1 unspecified atom stereocenters. The second-order valence-electron chi connectivity index (χ2n) is 6.70. The maximum absolute atomic E-state index is 13.1. The molecule has 0 fully saturated rings. The molecular weight excluding hydrogens is 269 g/mol. The highest BCUT2D eigenvalue weighted by atomic mass is 19.1. The van der Waals surface area contributed by atoms with Crippen LogP contribution in [0.1, 0.15) is 38.6 Å². The van der Waals surface area contributed by atoms with Gasteiger partial charge in [0.2, 0.25) is 11.7 Å². The Morgan fingerprint density at radius 2 is 2.05 bits per heavy atom. The molecule has 1 atom stereocenters. The molecule has 5 heteroatoms. The van der Waals surface area contributed by atoms with Crippen molar-refractivity contribution in [2.24, 2.45) is 11.1 Å². The van der Waals surface area contributed by atoms with Gasteiger partial charge in [0.15, 0.2) is 0 Å². The number of nitrogens with two attached hydrogens (primary N) is 1. The van der Waals surface area contributed by atoms with Crippen LogP contribution in [0.15, 0.2) is 22.7 Å². The lowest BCUT2D eigenvalue weighted by Crippen LogP contribution is -2.28. The summed E-state index contributed by atoms with van der Waals surface area (Å²) in [5, 5.41) is 3.96. The van der Waals surface area contributed by atoms with Crippen LogP contribution < -0.4 is 5.73 Å². The maximum Gasteiger partial charge on any atom is 0.228 e. The van der Waals surface area contributed by atoms with Gasteiger partial charge in [-0.15, -0.1) is 0 Å². The van der Waals surface area contributed by atoms with E-state index < -0.39 is 0 Å². The van der Waals surface area contributed by atoms with Crippen molar-refractivity contribution in [3.63, 3.8) is 0 Å². The van der Waals surface area contributed by atoms with Gasteiger partial charge < -0.3 is 10.3 Å². The summed E-state index contributed by atoms with van der Waals surface area (Å²) in [7, 11) is 0. The summed E-state index contributed by atoms with van der Waals surface area (Å²) in [5.41, 5.74) is 7.83. The van der Waals surface area contributed by atoms with Crippen molar-refractivity contribution in [3.05, 3.63) is 35.5 Å². The van der Waals surface area contributed by atoms with Crippen molar-refractivity contribution in [1.29, 1.82) is 0 Å². The summed E-state index contributed by atoms with van der Waals surface area (Å²) in [6.45, 7) is 8.26. The molecule has 21 heavy (non-hydrogen) atoms. The van der Waals surface area contributed by atoms with Crippen LogP contribution in [-0.4, -0.2) is 16.2 Å². The topological polar surface area (TPSA) is 64.9 Å². The van der Waals surface area contributed by atoms with E-state index in [0.717, 1.165) is 17.5 Å². The number of hydrogen-bond acceptors (Lipinski definition) is 4. The molecular formula is C16H22FN3O. The van der Waals surface area contributed by atoms with Gasteiger partial charge in [0.1, 0.15) is 5.82 Å². The minimum absolute atomic E-state index is 0.0207. The third-order valence-corrected chi connectivity index (χ3v) is 3.21. The first kappa shape index (κ1) is 15.6. The fraction of sp³-hybridized carbons (Fsp3) is 0.500. The summed E-state index contributed by atoms with van der Waals surface area (Å²) >= 11 is 0. The van der Waals surface area contributed by atoms with E-state index in [4.69, 9.17) is 10.3 Å². The number of nitrogens with zero attached hydrogens (tertiary/aromatic N) is 2. The Labute approximate surface area is 124 Å². The van der Waals surface area contributed by atoms with Gasteiger partial charge in [-0.25, -0.2) is 4.39 Å². The van der Waals surface area contributed by atoms with Gasteiger partial charge >= 0.3 is 0 Å². The molecule has 1 heterocycles. The van der Waals surface area contributed by atoms with Gasteiger partial charge in [-0.05, 0) is 42.5 Å². The van der Waals surface area contributed by atoms with Crippen LogP contribution in [0.3, 0.4) is 0 Å². The van der Waals surface area contributed by atoms with E-state index in [2.05, 4.69) is 30.9 Å². The Bertz CT molecular complexity index is 616. The predicted octanol–water partition coefficient (Wildman–Crippen LogP) is 3.49. The third-order valence-electron chi connectivity index (χ3n) is 3.21. The maximum atomic E-state index is 13.1. The fourth-order valence-corrected chi connectivity index (χ4v) is 2.41. The number of benzene rings is 1. The fourth-order valence-electron chi connectivity index (χ4n) is 2.41. The van der Waals surface area contributed by atoms with Crippen LogP contribution in [-0.2, 0) is 6.42 Å². The number of aryl methyl sites for hydroxylation is 1. The molecule has 2 rings (SSSR count). The number of rotatable bonds is 4. The van der Waals surface area contributed by atoms with Crippen LogP contribution in [0.2, 0.25) is 0 Å². The van der Waals surface area contributed by atoms with Gasteiger partial charge in [0, 0.05) is 18.0 Å². The molecule has 0 aliphatic carbocycles. The van der Waals surface area contributed by atoms with Crippen LogP contribution in [0.4, 0.5) is 4.39 Å². The van der Waals surface area contributed by atoms with E-state index in [1.54, 1.807) is 6.07 Å². The smallest absolute Gasteiger partial charge is 0.228 e. The van der Waals surface area contributed by atoms with Crippen molar-refractivity contribution in [1.82, 2.24) is 10.1 Å². The minimum atomic E-state index is -0.271. The average molecular weight is 291 g/mol. The molecule has 0 saturated carbocycles. The summed E-state index contributed by atoms with van der Waals surface area (Å²) in [4.78, 5) is 4.36. The molecule has 2 aromatic rings. The van der Waals surface area contributed by atoms with Crippen LogP contribution in [0.25, 0.3) is 11.4 Å². The number of halogens is 1. The predicted molar refractivity (Wildman–Crippen MR) is 80.2 cm³/mol. The first-order valence-electron chi connectivity index (χ1n) is 7.09. The molecule has 0 aliphatic rings. The molecule has 0 spiro atoms. The lowest BCUT2D eigenvalue weighted by molar-refractivity contribution is 0.313. The van der Waals surface area contributed by atoms with E-state index in [9.17, 15) is 4.39 Å². The summed E-state index contributed by atoms with van der Waals surface area (Å²) in [6, 6.07) is 4.49. The SMILES string of the molecule is Cc1cc(F)ccc1-c1noc(CC(N)CC(C)(C)C)n1. The highest BCUT2D eigenvalue weighted by Gasteiger charge is 2.19. The van der Waals surface area contributed by atoms with Gasteiger partial charge in [-0.1, -0.05) is 25.9 Å². The van der Waals surface area contributed by atoms with Crippen molar-refractivity contribution in [2.75, 3.05) is 0 Å². The third kappa shape index (κ3) is 4.36. The van der Waals surface area contributed by atoms with E-state index in [0.29, 0.717) is 18.1 Å². The molecule has 0 amide bonds. The van der Waals surface area contributed by atoms with E-state index >= 15 is 0 Å². The van der Waals surface area contributed by atoms with Gasteiger partial charge in [-0.3, -0.25) is 0 Å². The van der Waals surface area contributed by atoms with E-state index in [-0.39, 0.29) is 17.3 Å². The molecule has 1 aromatic carbocycles. The first-order chi connectivity index (χ1) is 9.74.